The van der Waals surface area contributed by atoms with Gasteiger partial charge in [0.25, 0.3) is 11.5 Å². The lowest BCUT2D eigenvalue weighted by molar-refractivity contribution is -0.113. The van der Waals surface area contributed by atoms with E-state index in [0.29, 0.717) is 4.90 Å². The van der Waals surface area contributed by atoms with Gasteiger partial charge >= 0.3 is 18.0 Å². The third-order valence-electron chi connectivity index (χ3n) is 6.83. The lowest BCUT2D eigenvalue weighted by atomic mass is 9.91. The molecule has 4 atom stereocenters. The number of ketones is 1. The van der Waals surface area contributed by atoms with Crippen LogP contribution in [0.2, 0.25) is 0 Å². The fourth-order valence-corrected chi connectivity index (χ4v) is 5.34. The second kappa shape index (κ2) is 15.2. The van der Waals surface area contributed by atoms with E-state index in [-0.39, 0.29) is 21.1 Å². The Kier molecular flexibility index (Phi) is 11.1. The molecule has 0 aromatic heterocycles. The summed E-state index contributed by atoms with van der Waals surface area (Å²) in [5.74, 6) is -0.985. The minimum atomic E-state index is -2.54. The smallest absolute Gasteiger partial charge is 0.339 e. The fraction of sp³-hybridized carbons (Fsp3) is 0.182. The number of carbonyl (C=O) groups is 5. The summed E-state index contributed by atoms with van der Waals surface area (Å²) in [6.45, 7) is 1.20. The van der Waals surface area contributed by atoms with Gasteiger partial charge in [-0.2, -0.15) is 0 Å². The van der Waals surface area contributed by atoms with Crippen LogP contribution in [0.25, 0.3) is 10.4 Å². The van der Waals surface area contributed by atoms with Crippen LogP contribution >= 0.6 is 22.6 Å². The van der Waals surface area contributed by atoms with Gasteiger partial charge in [-0.3, -0.25) is 19.8 Å². The Morgan fingerprint density at radius 1 is 0.979 bits per heavy atom. The van der Waals surface area contributed by atoms with Gasteiger partial charge in [0.05, 0.1) is 11.1 Å². The molecule has 0 bridgehead atoms. The molecular formula is C33H26IN5O8. The van der Waals surface area contributed by atoms with Crippen LogP contribution in [-0.2, 0) is 19.0 Å². The Balaban J connectivity index is 1.91. The first-order valence-electron chi connectivity index (χ1n) is 13.8. The van der Waals surface area contributed by atoms with Crippen molar-refractivity contribution in [3.63, 3.8) is 0 Å². The number of hydrogen-bond donors (Lipinski definition) is 1. The Hall–Kier alpha value is -5.49. The quantitative estimate of drug-likeness (QED) is 0.0431. The molecule has 3 amide bonds. The van der Waals surface area contributed by atoms with E-state index in [1.807, 2.05) is 0 Å². The van der Waals surface area contributed by atoms with Gasteiger partial charge in [0.2, 0.25) is 0 Å². The van der Waals surface area contributed by atoms with Gasteiger partial charge in [0.1, 0.15) is 0 Å². The first-order chi connectivity index (χ1) is 22.6. The minimum Gasteiger partial charge on any atom is -0.450 e. The predicted molar refractivity (Wildman–Crippen MR) is 176 cm³/mol. The van der Waals surface area contributed by atoms with Crippen LogP contribution in [0.3, 0.4) is 0 Å². The van der Waals surface area contributed by atoms with Crippen molar-refractivity contribution < 1.29 is 38.2 Å². The molecule has 0 saturated carbocycles. The van der Waals surface area contributed by atoms with Gasteiger partial charge in [-0.1, -0.05) is 82.3 Å². The first-order valence-corrected chi connectivity index (χ1v) is 15.3. The molecule has 0 unspecified atom stereocenters. The van der Waals surface area contributed by atoms with Gasteiger partial charge in [-0.15, -0.1) is 6.42 Å². The summed E-state index contributed by atoms with van der Waals surface area (Å²) in [4.78, 5) is 69.6. The molecule has 1 heterocycles. The topological polar surface area (TPSA) is 177 Å². The number of halogens is 1. The maximum Gasteiger partial charge on any atom is 0.339 e. The number of esters is 2. The average molecular weight is 748 g/mol. The molecule has 238 valence electrons. The number of hydrogen-bond acceptors (Lipinski definition) is 9. The van der Waals surface area contributed by atoms with Crippen LogP contribution in [0.4, 0.5) is 4.79 Å². The first kappa shape index (κ1) is 34.4. The largest absolute Gasteiger partial charge is 0.450 e. The van der Waals surface area contributed by atoms with Gasteiger partial charge in [-0.25, -0.2) is 14.4 Å². The van der Waals surface area contributed by atoms with E-state index >= 15 is 0 Å². The Morgan fingerprint density at radius 3 is 2.00 bits per heavy atom. The fourth-order valence-electron chi connectivity index (χ4n) is 4.61. The van der Waals surface area contributed by atoms with Crippen LogP contribution in [0.1, 0.15) is 38.0 Å². The number of rotatable bonds is 10. The highest BCUT2D eigenvalue weighted by Gasteiger charge is 2.70. The number of alkyl halides is 1. The summed E-state index contributed by atoms with van der Waals surface area (Å²) >= 11 is 1.80. The molecule has 1 aliphatic heterocycles. The second-order valence-electron chi connectivity index (χ2n) is 9.94. The van der Waals surface area contributed by atoms with E-state index in [2.05, 4.69) is 21.3 Å². The second-order valence-corrected chi connectivity index (χ2v) is 10.7. The molecular weight excluding hydrogens is 721 g/mol. The maximum atomic E-state index is 13.8. The van der Waals surface area contributed by atoms with Gasteiger partial charge < -0.3 is 14.2 Å². The van der Waals surface area contributed by atoms with Crippen molar-refractivity contribution in [2.24, 2.45) is 5.11 Å². The highest BCUT2D eigenvalue weighted by atomic mass is 127. The third-order valence-corrected chi connectivity index (χ3v) is 7.92. The zero-order valence-corrected chi connectivity index (χ0v) is 26.8. The summed E-state index contributed by atoms with van der Waals surface area (Å²) < 4.78 is 17.8. The Bertz CT molecular complexity index is 1780. The van der Waals surface area contributed by atoms with Crippen LogP contribution < -0.4 is 5.32 Å². The van der Waals surface area contributed by atoms with Crippen molar-refractivity contribution in [2.75, 3.05) is 4.43 Å². The van der Waals surface area contributed by atoms with E-state index in [9.17, 15) is 29.5 Å². The Labute approximate surface area is 282 Å². The highest BCUT2D eigenvalue weighted by molar-refractivity contribution is 14.1. The molecule has 1 fully saturated rings. The van der Waals surface area contributed by atoms with Crippen LogP contribution in [-0.4, -0.2) is 62.6 Å². The molecule has 1 saturated heterocycles. The molecule has 1 N–H and O–H groups in total. The molecule has 0 aliphatic carbocycles. The lowest BCUT2D eigenvalue weighted by Crippen LogP contribution is -2.60. The van der Waals surface area contributed by atoms with Crippen molar-refractivity contribution in [3.8, 4) is 12.3 Å². The average Bonchev–Trinajstić information content (AvgIpc) is 3.34. The van der Waals surface area contributed by atoms with E-state index in [0.717, 1.165) is 12.3 Å². The van der Waals surface area contributed by atoms with E-state index in [4.69, 9.17) is 20.6 Å². The molecule has 0 spiro atoms. The molecule has 14 heteroatoms. The zero-order valence-electron chi connectivity index (χ0n) is 24.7. The molecule has 1 aliphatic rings. The summed E-state index contributed by atoms with van der Waals surface area (Å²) in [6.07, 6.45) is 4.22. The van der Waals surface area contributed by atoms with Gasteiger partial charge in [0, 0.05) is 21.1 Å². The molecule has 0 radical (unpaired) electrons. The van der Waals surface area contributed by atoms with Gasteiger partial charge in [0.15, 0.2) is 23.8 Å². The van der Waals surface area contributed by atoms with Gasteiger partial charge in [-0.05, 0) is 60.8 Å². The number of azide groups is 1. The molecule has 3 aromatic rings. The number of allylic oxidation sites excluding steroid dienone is 1. The van der Waals surface area contributed by atoms with E-state index in [1.165, 1.54) is 43.3 Å². The number of terminal acetylenes is 1. The third kappa shape index (κ3) is 7.50. The summed E-state index contributed by atoms with van der Waals surface area (Å²) in [5.41, 5.74) is 5.13. The SMILES string of the molecule is C#C[C@]1(OC(=O)c2ccccc2)[C@H](N(/C=C\C(C)=O)C(=O)NC(=O)c2ccccc2)O[C@@](CI)(N=[N+]=[N-])[C@H]1OC(=O)c1ccccc1. The molecule has 47 heavy (non-hydrogen) atoms. The van der Waals surface area contributed by atoms with Crippen molar-refractivity contribution in [1.29, 1.82) is 0 Å². The van der Waals surface area contributed by atoms with Crippen molar-refractivity contribution in [1.82, 2.24) is 10.2 Å². The number of amides is 3. The monoisotopic (exact) mass is 747 g/mol. The van der Waals surface area contributed by atoms with Crippen molar-refractivity contribution >= 4 is 52.3 Å². The Morgan fingerprint density at radius 2 is 1.51 bits per heavy atom. The molecule has 4 rings (SSSR count). The number of benzene rings is 3. The van der Waals surface area contributed by atoms with Crippen LogP contribution in [0.5, 0.6) is 0 Å². The normalized spacial score (nSPS) is 21.5. The summed E-state index contributed by atoms with van der Waals surface area (Å²) in [5, 5.41) is 5.98. The maximum absolute atomic E-state index is 13.8. The lowest BCUT2D eigenvalue weighted by Gasteiger charge is -2.37. The molecule has 3 aromatic carbocycles. The minimum absolute atomic E-state index is 0.0271. The molecule has 13 nitrogen and oxygen atoms in total. The number of imide groups is 1. The van der Waals surface area contributed by atoms with Crippen molar-refractivity contribution in [2.45, 2.75) is 30.6 Å². The predicted octanol–water partition coefficient (Wildman–Crippen LogP) is 5.19. The number of urea groups is 1. The summed E-state index contributed by atoms with van der Waals surface area (Å²) in [7, 11) is 0. The number of ether oxygens (including phenoxy) is 3. The zero-order chi connectivity index (χ0) is 34.0. The highest BCUT2D eigenvalue weighted by Crippen LogP contribution is 2.47. The van der Waals surface area contributed by atoms with E-state index in [1.54, 1.807) is 77.2 Å². The number of nitrogens with zero attached hydrogens (tertiary/aromatic N) is 4. The van der Waals surface area contributed by atoms with E-state index < -0.39 is 53.3 Å². The number of carbonyl (C=O) groups excluding carboxylic acids is 5. The van der Waals surface area contributed by atoms with Crippen LogP contribution in [0.15, 0.2) is 108 Å². The van der Waals surface area contributed by atoms with Crippen LogP contribution in [0, 0.1) is 12.3 Å². The number of nitrogens with one attached hydrogen (secondary N) is 1. The summed E-state index contributed by atoms with van der Waals surface area (Å²) in [6, 6.07) is 22.0. The standard InChI is InChI=1S/C33H26IN5O8/c1-3-32(46-28(43)25-17-11-6-12-18-25)29(45-27(42)24-15-9-5-10-16-24)33(21-34,37-38-35)47-30(32)39(20-19-22(2)40)31(44)36-26(41)23-13-7-4-8-14-23/h1,4-20,29-30H,21H2,2H3,(H,36,41,44)/b20-19-/t29-,30+,32+,33+/m0/s1. The van der Waals surface area contributed by atoms with Crippen molar-refractivity contribution in [3.05, 3.63) is 130 Å².